The topological polar surface area (TPSA) is 17.1 Å². The molecule has 94 valence electrons. The number of hydrogen-bond acceptors (Lipinski definition) is 2. The molecule has 1 unspecified atom stereocenters. The second kappa shape index (κ2) is 5.45. The largest absolute Gasteiger partial charge is 0.295 e. The van der Waals surface area contributed by atoms with Crippen LogP contribution in [0, 0.1) is 0 Å². The lowest BCUT2D eigenvalue weighted by Crippen LogP contribution is -2.07. The van der Waals surface area contributed by atoms with Crippen molar-refractivity contribution in [1.29, 1.82) is 0 Å². The Balaban J connectivity index is 1.90. The first-order valence-electron chi connectivity index (χ1n) is 6.34. The number of thioether (sulfide) groups is 1. The zero-order valence-electron chi connectivity index (χ0n) is 10.5. The van der Waals surface area contributed by atoms with E-state index in [2.05, 4.69) is 24.3 Å². The Labute approximate surface area is 117 Å². The van der Waals surface area contributed by atoms with Crippen LogP contribution in [-0.4, -0.2) is 5.78 Å². The molecule has 0 aromatic heterocycles. The van der Waals surface area contributed by atoms with Gasteiger partial charge in [-0.2, -0.15) is 0 Å². The minimum Gasteiger partial charge on any atom is -0.295 e. The Bertz CT molecular complexity index is 602. The lowest BCUT2D eigenvalue weighted by molar-refractivity contribution is -0.114. The molecule has 0 fully saturated rings. The third-order valence-electron chi connectivity index (χ3n) is 3.18. The molecule has 0 amide bonds. The van der Waals surface area contributed by atoms with Crippen LogP contribution >= 0.6 is 11.8 Å². The molecule has 0 radical (unpaired) electrons. The van der Waals surface area contributed by atoms with Gasteiger partial charge in [-0.25, -0.2) is 0 Å². The van der Waals surface area contributed by atoms with Crippen LogP contribution < -0.4 is 0 Å². The van der Waals surface area contributed by atoms with Gasteiger partial charge in [0.15, 0.2) is 5.78 Å². The molecule has 2 heteroatoms. The Morgan fingerprint density at radius 1 is 0.895 bits per heavy atom. The normalized spacial score (nSPS) is 19.1. The molecule has 1 nitrogen and oxygen atoms in total. The van der Waals surface area contributed by atoms with Crippen molar-refractivity contribution in [3.8, 4) is 0 Å². The first-order chi connectivity index (χ1) is 9.33. The lowest BCUT2D eigenvalue weighted by Gasteiger charge is -2.22. The Kier molecular flexibility index (Phi) is 3.51. The van der Waals surface area contributed by atoms with Crippen LogP contribution in [0.2, 0.25) is 0 Å². The summed E-state index contributed by atoms with van der Waals surface area (Å²) >= 11 is 1.78. The molecule has 19 heavy (non-hydrogen) atoms. The van der Waals surface area contributed by atoms with Gasteiger partial charge in [0.05, 0.1) is 0 Å². The molecular weight excluding hydrogens is 252 g/mol. The van der Waals surface area contributed by atoms with E-state index in [0.717, 1.165) is 10.5 Å². The van der Waals surface area contributed by atoms with Gasteiger partial charge in [0, 0.05) is 16.6 Å². The number of carbonyl (C=O) groups excluding carboxylic acids is 1. The van der Waals surface area contributed by atoms with Crippen molar-refractivity contribution in [1.82, 2.24) is 0 Å². The van der Waals surface area contributed by atoms with Gasteiger partial charge in [-0.1, -0.05) is 60.7 Å². The summed E-state index contributed by atoms with van der Waals surface area (Å²) in [5.74, 6) is 0.214. The molecule has 0 aliphatic carbocycles. The van der Waals surface area contributed by atoms with E-state index < -0.39 is 0 Å². The van der Waals surface area contributed by atoms with Crippen LogP contribution in [0.3, 0.4) is 0 Å². The minimum absolute atomic E-state index is 0.214. The number of allylic oxidation sites excluding steroid dienone is 1. The van der Waals surface area contributed by atoms with E-state index in [-0.39, 0.29) is 11.0 Å². The molecule has 0 saturated heterocycles. The SMILES string of the molecule is O=C1C=C(c2ccccc2)SC(c2ccccc2)C1. The molecule has 1 aliphatic rings. The molecular formula is C17H14OS. The van der Waals surface area contributed by atoms with Crippen molar-refractivity contribution >= 4 is 22.5 Å². The minimum atomic E-state index is 0.214. The molecule has 2 aromatic carbocycles. The second-order valence-corrected chi connectivity index (χ2v) is 5.81. The molecule has 2 aromatic rings. The highest BCUT2D eigenvalue weighted by molar-refractivity contribution is 8.08. The van der Waals surface area contributed by atoms with Gasteiger partial charge in [0.1, 0.15) is 0 Å². The zero-order chi connectivity index (χ0) is 13.1. The fourth-order valence-electron chi connectivity index (χ4n) is 2.22. The van der Waals surface area contributed by atoms with Crippen molar-refractivity contribution in [2.75, 3.05) is 0 Å². The quantitative estimate of drug-likeness (QED) is 0.797. The fourth-order valence-corrected chi connectivity index (χ4v) is 3.54. The van der Waals surface area contributed by atoms with Crippen LogP contribution in [0.1, 0.15) is 22.8 Å². The Morgan fingerprint density at radius 3 is 2.21 bits per heavy atom. The van der Waals surface area contributed by atoms with Crippen molar-refractivity contribution in [2.24, 2.45) is 0 Å². The second-order valence-electron chi connectivity index (χ2n) is 4.56. The first-order valence-corrected chi connectivity index (χ1v) is 7.22. The predicted octanol–water partition coefficient (Wildman–Crippen LogP) is 4.47. The van der Waals surface area contributed by atoms with Gasteiger partial charge < -0.3 is 0 Å². The average Bonchev–Trinajstić information content (AvgIpc) is 2.48. The van der Waals surface area contributed by atoms with Crippen LogP contribution in [0.25, 0.3) is 4.91 Å². The molecule has 1 heterocycles. The van der Waals surface area contributed by atoms with Gasteiger partial charge in [-0.3, -0.25) is 4.79 Å². The fraction of sp³-hybridized carbons (Fsp3) is 0.118. The van der Waals surface area contributed by atoms with E-state index >= 15 is 0 Å². The zero-order valence-corrected chi connectivity index (χ0v) is 11.3. The van der Waals surface area contributed by atoms with Gasteiger partial charge in [-0.05, 0) is 17.2 Å². The smallest absolute Gasteiger partial charge is 0.158 e. The molecule has 3 rings (SSSR count). The third kappa shape index (κ3) is 2.79. The average molecular weight is 266 g/mol. The molecule has 0 spiro atoms. The number of carbonyl (C=O) groups is 1. The molecule has 0 bridgehead atoms. The highest BCUT2D eigenvalue weighted by atomic mass is 32.2. The van der Waals surface area contributed by atoms with Crippen LogP contribution in [0.5, 0.6) is 0 Å². The summed E-state index contributed by atoms with van der Waals surface area (Å²) in [6, 6.07) is 20.4. The van der Waals surface area contributed by atoms with Crippen molar-refractivity contribution in [3.63, 3.8) is 0 Å². The highest BCUT2D eigenvalue weighted by Crippen LogP contribution is 2.45. The lowest BCUT2D eigenvalue weighted by atomic mass is 10.1. The van der Waals surface area contributed by atoms with E-state index in [9.17, 15) is 4.79 Å². The van der Waals surface area contributed by atoms with E-state index in [4.69, 9.17) is 0 Å². The Hall–Kier alpha value is -1.80. The molecule has 0 saturated carbocycles. The third-order valence-corrected chi connectivity index (χ3v) is 4.51. The van der Waals surface area contributed by atoms with E-state index in [1.165, 1.54) is 5.56 Å². The van der Waals surface area contributed by atoms with E-state index in [1.54, 1.807) is 17.8 Å². The summed E-state index contributed by atoms with van der Waals surface area (Å²) < 4.78 is 0. The van der Waals surface area contributed by atoms with Crippen LogP contribution in [-0.2, 0) is 4.79 Å². The Morgan fingerprint density at radius 2 is 1.53 bits per heavy atom. The highest BCUT2D eigenvalue weighted by Gasteiger charge is 2.23. The standard InChI is InChI=1S/C17H14OS/c18-15-11-16(13-7-3-1-4-8-13)19-17(12-15)14-9-5-2-6-10-14/h1-11,17H,12H2. The predicted molar refractivity (Wildman–Crippen MR) is 80.8 cm³/mol. The monoisotopic (exact) mass is 266 g/mol. The molecule has 1 atom stereocenters. The summed E-state index contributed by atoms with van der Waals surface area (Å²) in [4.78, 5) is 13.0. The summed E-state index contributed by atoms with van der Waals surface area (Å²) in [7, 11) is 0. The number of benzene rings is 2. The number of rotatable bonds is 2. The van der Waals surface area contributed by atoms with Crippen LogP contribution in [0.4, 0.5) is 0 Å². The van der Waals surface area contributed by atoms with Gasteiger partial charge >= 0.3 is 0 Å². The summed E-state index contributed by atoms with van der Waals surface area (Å²) in [6.07, 6.45) is 2.37. The van der Waals surface area contributed by atoms with Crippen molar-refractivity contribution < 1.29 is 4.79 Å². The number of ketones is 1. The maximum Gasteiger partial charge on any atom is 0.158 e. The van der Waals surface area contributed by atoms with Crippen molar-refractivity contribution in [2.45, 2.75) is 11.7 Å². The summed E-state index contributed by atoms with van der Waals surface area (Å²) in [6.45, 7) is 0. The molecule has 0 N–H and O–H groups in total. The summed E-state index contributed by atoms with van der Waals surface area (Å²) in [5, 5.41) is 0.230. The van der Waals surface area contributed by atoms with Crippen molar-refractivity contribution in [3.05, 3.63) is 77.9 Å². The van der Waals surface area contributed by atoms with Gasteiger partial charge in [-0.15, -0.1) is 11.8 Å². The summed E-state index contributed by atoms with van der Waals surface area (Å²) in [5.41, 5.74) is 2.35. The maximum absolute atomic E-state index is 11.9. The van der Waals surface area contributed by atoms with E-state index in [1.807, 2.05) is 36.4 Å². The van der Waals surface area contributed by atoms with E-state index in [0.29, 0.717) is 6.42 Å². The molecule has 1 aliphatic heterocycles. The first kappa shape index (κ1) is 12.2. The maximum atomic E-state index is 11.9. The van der Waals surface area contributed by atoms with Gasteiger partial charge in [0.25, 0.3) is 0 Å². The van der Waals surface area contributed by atoms with Crippen LogP contribution in [0.15, 0.2) is 66.7 Å². The number of hydrogen-bond donors (Lipinski definition) is 0. The van der Waals surface area contributed by atoms with Gasteiger partial charge in [0.2, 0.25) is 0 Å².